The fourth-order valence-electron chi connectivity index (χ4n) is 6.15. The summed E-state index contributed by atoms with van der Waals surface area (Å²) in [5, 5.41) is 40.4. The van der Waals surface area contributed by atoms with Gasteiger partial charge < -0.3 is 30.4 Å². The molecule has 8 bridgehead atoms. The summed E-state index contributed by atoms with van der Waals surface area (Å²) in [7, 11) is 0. The third kappa shape index (κ3) is 6.68. The van der Waals surface area contributed by atoms with Gasteiger partial charge in [-0.05, 0) is 71.6 Å². The monoisotopic (exact) mass is 710 g/mol. The van der Waals surface area contributed by atoms with E-state index in [0.29, 0.717) is 56.0 Å². The number of aliphatic hydroxyl groups is 2. The zero-order valence-electron chi connectivity index (χ0n) is 26.4. The zero-order chi connectivity index (χ0) is 32.0. The number of hydrogen-bond acceptors (Lipinski definition) is 6. The SMILES string of the molecule is CC1=C(C(C)O)c2cc3nc(cc4[n-]c(cc5[n-]c(cc1n2)c(C)c5CCC(=O)O)c(CCC(=O)O)c4C)C(C(C)O)=C3C.[Cd+2]. The molecule has 2 unspecified atom stereocenters. The Bertz CT molecular complexity index is 1930. The van der Waals surface area contributed by atoms with Crippen LogP contribution >= 0.6 is 0 Å². The summed E-state index contributed by atoms with van der Waals surface area (Å²) in [5.41, 5.74) is 10.6. The first kappa shape index (κ1) is 34.3. The molecule has 0 aliphatic carbocycles. The molecule has 3 aromatic heterocycles. The quantitative estimate of drug-likeness (QED) is 0.238. The fraction of sp³-hybridized carbons (Fsp3) is 0.353. The zero-order valence-corrected chi connectivity index (χ0v) is 30.4. The largest absolute Gasteiger partial charge is 2.00 e. The Morgan fingerprint density at radius 1 is 0.644 bits per heavy atom. The van der Waals surface area contributed by atoms with Crippen LogP contribution in [0.15, 0.2) is 24.3 Å². The van der Waals surface area contributed by atoms with Gasteiger partial charge in [-0.3, -0.25) is 9.59 Å². The Labute approximate surface area is 281 Å². The van der Waals surface area contributed by atoms with Gasteiger partial charge in [0.2, 0.25) is 0 Å². The number of nitrogens with zero attached hydrogens (tertiary/aromatic N) is 4. The van der Waals surface area contributed by atoms with Crippen LogP contribution in [-0.2, 0) is 49.7 Å². The molecule has 45 heavy (non-hydrogen) atoms. The minimum Gasteiger partial charge on any atom is -0.657 e. The number of carboxylic acids is 2. The van der Waals surface area contributed by atoms with Crippen molar-refractivity contribution in [3.8, 4) is 0 Å². The fourth-order valence-corrected chi connectivity index (χ4v) is 6.15. The second-order valence-electron chi connectivity index (χ2n) is 11.5. The summed E-state index contributed by atoms with van der Waals surface area (Å²) in [5.74, 6) is -1.86. The van der Waals surface area contributed by atoms with Crippen LogP contribution < -0.4 is 9.97 Å². The number of fused-ring (bicyclic) bond motifs is 8. The number of aliphatic carboxylic acids is 2. The Hall–Kier alpha value is -3.62. The molecule has 0 spiro atoms. The van der Waals surface area contributed by atoms with E-state index in [4.69, 9.17) is 19.9 Å². The molecule has 2 aliphatic rings. The topological polar surface area (TPSA) is 169 Å². The van der Waals surface area contributed by atoms with Gasteiger partial charge in [0.05, 0.1) is 35.0 Å². The Morgan fingerprint density at radius 3 is 1.42 bits per heavy atom. The van der Waals surface area contributed by atoms with E-state index in [-0.39, 0.29) is 53.0 Å². The number of aromatic nitrogens is 4. The van der Waals surface area contributed by atoms with Gasteiger partial charge in [0.25, 0.3) is 0 Å². The summed E-state index contributed by atoms with van der Waals surface area (Å²) in [6, 6.07) is 7.25. The van der Waals surface area contributed by atoms with Crippen molar-refractivity contribution < 1.29 is 57.3 Å². The molecule has 0 amide bonds. The van der Waals surface area contributed by atoms with E-state index >= 15 is 0 Å². The molecule has 4 N–H and O–H groups in total. The minimum absolute atomic E-state index is 0. The van der Waals surface area contributed by atoms with Crippen LogP contribution in [0.5, 0.6) is 0 Å². The molecule has 0 radical (unpaired) electrons. The van der Waals surface area contributed by atoms with E-state index in [1.807, 2.05) is 39.8 Å². The smallest absolute Gasteiger partial charge is 0.657 e. The maximum atomic E-state index is 11.5. The molecule has 0 saturated heterocycles. The molecule has 230 valence electrons. The van der Waals surface area contributed by atoms with Gasteiger partial charge in [-0.15, -0.1) is 22.1 Å². The summed E-state index contributed by atoms with van der Waals surface area (Å²) in [6.45, 7) is 10.9. The number of carboxylic acid groups (broad SMARTS) is 2. The molecule has 0 fully saturated rings. The van der Waals surface area contributed by atoms with Crippen LogP contribution in [0, 0.1) is 13.8 Å². The maximum absolute atomic E-state index is 11.5. The molecule has 5 heterocycles. The first-order valence-corrected chi connectivity index (χ1v) is 14.6. The molecule has 10 nitrogen and oxygen atoms in total. The van der Waals surface area contributed by atoms with Crippen molar-refractivity contribution in [3.05, 3.63) is 69.3 Å². The molecule has 2 atom stereocenters. The molecule has 5 rings (SSSR count). The van der Waals surface area contributed by atoms with E-state index in [0.717, 1.165) is 33.4 Å². The van der Waals surface area contributed by atoms with Crippen molar-refractivity contribution in [2.75, 3.05) is 0 Å². The van der Waals surface area contributed by atoms with Crippen LogP contribution in [-0.4, -0.2) is 54.5 Å². The average molecular weight is 709 g/mol. The van der Waals surface area contributed by atoms with E-state index < -0.39 is 24.1 Å². The molecule has 0 saturated carbocycles. The van der Waals surface area contributed by atoms with Gasteiger partial charge in [0.1, 0.15) is 0 Å². The van der Waals surface area contributed by atoms with Gasteiger partial charge >= 0.3 is 39.2 Å². The van der Waals surface area contributed by atoms with Crippen molar-refractivity contribution in [2.24, 2.45) is 0 Å². The summed E-state index contributed by atoms with van der Waals surface area (Å²) in [4.78, 5) is 42.6. The molecule has 11 heteroatoms. The van der Waals surface area contributed by atoms with Crippen LogP contribution in [0.1, 0.15) is 85.6 Å². The number of allylic oxidation sites excluding steroid dienone is 2. The minimum atomic E-state index is -0.931. The van der Waals surface area contributed by atoms with Crippen molar-refractivity contribution in [3.63, 3.8) is 0 Å². The summed E-state index contributed by atoms with van der Waals surface area (Å²) < 4.78 is 0. The van der Waals surface area contributed by atoms with E-state index in [2.05, 4.69) is 0 Å². The van der Waals surface area contributed by atoms with Crippen LogP contribution in [0.4, 0.5) is 0 Å². The number of rotatable bonds is 8. The van der Waals surface area contributed by atoms with Gasteiger partial charge in [0.15, 0.2) is 0 Å². The first-order valence-electron chi connectivity index (χ1n) is 14.6. The molecular weight excluding hydrogens is 673 g/mol. The molecule has 2 aliphatic heterocycles. The second-order valence-corrected chi connectivity index (χ2v) is 11.5. The van der Waals surface area contributed by atoms with Gasteiger partial charge in [-0.25, -0.2) is 9.97 Å². The third-order valence-corrected chi connectivity index (χ3v) is 8.49. The number of aryl methyl sites for hydroxylation is 4. The van der Waals surface area contributed by atoms with Crippen molar-refractivity contribution in [2.45, 2.75) is 79.4 Å². The van der Waals surface area contributed by atoms with Crippen LogP contribution in [0.3, 0.4) is 0 Å². The van der Waals surface area contributed by atoms with Gasteiger partial charge in [0, 0.05) is 24.0 Å². The van der Waals surface area contributed by atoms with Crippen LogP contribution in [0.25, 0.3) is 44.4 Å². The summed E-state index contributed by atoms with van der Waals surface area (Å²) >= 11 is 0. The normalized spacial score (nSPS) is 14.4. The van der Waals surface area contributed by atoms with E-state index in [1.165, 1.54) is 0 Å². The van der Waals surface area contributed by atoms with E-state index in [9.17, 15) is 30.0 Å². The number of carbonyl (C=O) groups is 2. The predicted molar refractivity (Wildman–Crippen MR) is 169 cm³/mol. The van der Waals surface area contributed by atoms with E-state index in [1.54, 1.807) is 26.0 Å². The van der Waals surface area contributed by atoms with Crippen molar-refractivity contribution in [1.29, 1.82) is 0 Å². The van der Waals surface area contributed by atoms with Gasteiger partial charge in [-0.2, -0.15) is 0 Å². The second kappa shape index (κ2) is 13.4. The molecule has 0 aromatic carbocycles. The molecular formula is C34H36CdN4O6. The molecule has 3 aromatic rings. The van der Waals surface area contributed by atoms with Crippen LogP contribution in [0.2, 0.25) is 0 Å². The average Bonchev–Trinajstić information content (AvgIpc) is 3.59. The first-order chi connectivity index (χ1) is 20.8. The number of hydrogen-bond donors (Lipinski definition) is 4. The third-order valence-electron chi connectivity index (χ3n) is 8.49. The standard InChI is InChI=1S/C34H38N4O6.Cd/c1-15-21(7-9-31(41)42)27-14-28-22(8-10-32(43)44)16(2)24(36-28)12-29-34(20(6)40)18(4)26(38-29)13-30-33(19(5)39)17(3)25(37-30)11-23(15)35-27;/h11-14,19-20,39-40H,7-10H2,1-6H3,(H4,35,36,37,38,41,42,43,44);/q;+2/p-2. The summed E-state index contributed by atoms with van der Waals surface area (Å²) in [6.07, 6.45) is -1.32. The predicted octanol–water partition coefficient (Wildman–Crippen LogP) is 4.84. The maximum Gasteiger partial charge on any atom is 2.00 e. The van der Waals surface area contributed by atoms with Crippen molar-refractivity contribution >= 4 is 56.3 Å². The Kier molecular flexibility index (Phi) is 10.2. The Balaban J connectivity index is 0.00000461. The van der Waals surface area contributed by atoms with Gasteiger partial charge in [-0.1, -0.05) is 40.5 Å². The number of aliphatic hydroxyl groups excluding tert-OH is 2. The van der Waals surface area contributed by atoms with Crippen molar-refractivity contribution in [1.82, 2.24) is 19.9 Å². The Morgan fingerprint density at radius 2 is 1.02 bits per heavy atom.